The Morgan fingerprint density at radius 1 is 1.00 bits per heavy atom. The molecule has 0 heterocycles. The molecule has 4 heteroatoms. The molecule has 0 radical (unpaired) electrons. The molecular formula is C14H9BrF2O. The van der Waals surface area contributed by atoms with Crippen LogP contribution in [0.2, 0.25) is 0 Å². The fourth-order valence-electron chi connectivity index (χ4n) is 1.64. The number of carbonyl (C=O) groups is 1. The summed E-state index contributed by atoms with van der Waals surface area (Å²) in [6, 6.07) is 10.4. The standard InChI is InChI=1S/C14H9BrF2O/c15-11-5-2-1-4-9(11)14(18)8-10-12(16)6-3-7-13(10)17/h1-7H,8H2. The molecule has 0 amide bonds. The van der Waals surface area contributed by atoms with E-state index in [0.29, 0.717) is 10.0 Å². The lowest BCUT2D eigenvalue weighted by atomic mass is 10.0. The molecule has 2 aromatic rings. The van der Waals surface area contributed by atoms with Crippen molar-refractivity contribution in [3.8, 4) is 0 Å². The van der Waals surface area contributed by atoms with Gasteiger partial charge in [-0.15, -0.1) is 0 Å². The molecule has 0 N–H and O–H groups in total. The van der Waals surface area contributed by atoms with Gasteiger partial charge in [0.25, 0.3) is 0 Å². The summed E-state index contributed by atoms with van der Waals surface area (Å²) >= 11 is 3.24. The van der Waals surface area contributed by atoms with Crippen molar-refractivity contribution in [2.75, 3.05) is 0 Å². The Kier molecular flexibility index (Phi) is 3.87. The smallest absolute Gasteiger partial charge is 0.168 e. The first kappa shape index (κ1) is 12.9. The van der Waals surface area contributed by atoms with Gasteiger partial charge in [0.1, 0.15) is 11.6 Å². The zero-order valence-electron chi connectivity index (χ0n) is 9.29. The van der Waals surface area contributed by atoms with Gasteiger partial charge < -0.3 is 0 Å². The Balaban J connectivity index is 2.30. The number of Topliss-reactive ketones (excluding diaryl/α,β-unsaturated/α-hetero) is 1. The van der Waals surface area contributed by atoms with E-state index in [1.54, 1.807) is 24.3 Å². The molecule has 0 fully saturated rings. The average molecular weight is 311 g/mol. The second kappa shape index (κ2) is 5.40. The van der Waals surface area contributed by atoms with Crippen molar-refractivity contribution in [2.45, 2.75) is 6.42 Å². The Hall–Kier alpha value is -1.55. The third-order valence-corrected chi connectivity index (χ3v) is 3.26. The fourth-order valence-corrected chi connectivity index (χ4v) is 2.15. The summed E-state index contributed by atoms with van der Waals surface area (Å²) < 4.78 is 27.5. The van der Waals surface area contributed by atoms with Gasteiger partial charge in [-0.25, -0.2) is 8.78 Å². The van der Waals surface area contributed by atoms with Crippen LogP contribution in [0.1, 0.15) is 15.9 Å². The molecule has 18 heavy (non-hydrogen) atoms. The molecule has 2 rings (SSSR count). The highest BCUT2D eigenvalue weighted by molar-refractivity contribution is 9.10. The molecule has 0 aliphatic carbocycles. The van der Waals surface area contributed by atoms with Crippen molar-refractivity contribution in [2.24, 2.45) is 0 Å². The van der Waals surface area contributed by atoms with Gasteiger partial charge in [-0.3, -0.25) is 4.79 Å². The zero-order chi connectivity index (χ0) is 13.1. The first-order chi connectivity index (χ1) is 8.59. The van der Waals surface area contributed by atoms with E-state index in [-0.39, 0.29) is 17.8 Å². The topological polar surface area (TPSA) is 17.1 Å². The molecule has 0 saturated heterocycles. The van der Waals surface area contributed by atoms with Gasteiger partial charge >= 0.3 is 0 Å². The first-order valence-corrected chi connectivity index (χ1v) is 6.09. The van der Waals surface area contributed by atoms with Crippen molar-refractivity contribution in [3.63, 3.8) is 0 Å². The highest BCUT2D eigenvalue weighted by Crippen LogP contribution is 2.20. The number of benzene rings is 2. The summed E-state index contributed by atoms with van der Waals surface area (Å²) in [7, 11) is 0. The minimum absolute atomic E-state index is 0.196. The Bertz CT molecular complexity index is 576. The van der Waals surface area contributed by atoms with Gasteiger partial charge in [-0.05, 0) is 18.2 Å². The van der Waals surface area contributed by atoms with Crippen LogP contribution in [0.4, 0.5) is 8.78 Å². The molecule has 0 aromatic heterocycles. The summed E-state index contributed by atoms with van der Waals surface area (Å²) in [5.41, 5.74) is 0.221. The highest BCUT2D eigenvalue weighted by Gasteiger charge is 2.15. The van der Waals surface area contributed by atoms with Gasteiger partial charge in [-0.1, -0.05) is 40.2 Å². The lowest BCUT2D eigenvalue weighted by Gasteiger charge is -2.05. The van der Waals surface area contributed by atoms with Crippen LogP contribution in [0.15, 0.2) is 46.9 Å². The predicted octanol–water partition coefficient (Wildman–Crippen LogP) is 4.15. The number of carbonyl (C=O) groups excluding carboxylic acids is 1. The monoisotopic (exact) mass is 310 g/mol. The third-order valence-electron chi connectivity index (χ3n) is 2.57. The number of rotatable bonds is 3. The van der Waals surface area contributed by atoms with E-state index in [0.717, 1.165) is 12.1 Å². The lowest BCUT2D eigenvalue weighted by molar-refractivity contribution is 0.0990. The van der Waals surface area contributed by atoms with Crippen LogP contribution in [0.5, 0.6) is 0 Å². The summed E-state index contributed by atoms with van der Waals surface area (Å²) in [6.07, 6.45) is -0.291. The third kappa shape index (κ3) is 2.64. The van der Waals surface area contributed by atoms with Crippen LogP contribution in [0.3, 0.4) is 0 Å². The Morgan fingerprint density at radius 2 is 1.61 bits per heavy atom. The minimum Gasteiger partial charge on any atom is -0.294 e. The lowest BCUT2D eigenvalue weighted by Crippen LogP contribution is -2.07. The molecule has 92 valence electrons. The highest BCUT2D eigenvalue weighted by atomic mass is 79.9. The maximum Gasteiger partial charge on any atom is 0.168 e. The number of ketones is 1. The van der Waals surface area contributed by atoms with Crippen LogP contribution >= 0.6 is 15.9 Å². The zero-order valence-corrected chi connectivity index (χ0v) is 10.9. The van der Waals surface area contributed by atoms with Crippen LogP contribution < -0.4 is 0 Å². The van der Waals surface area contributed by atoms with Crippen LogP contribution in [-0.2, 0) is 6.42 Å². The molecular weight excluding hydrogens is 302 g/mol. The van der Waals surface area contributed by atoms with Crippen molar-refractivity contribution in [3.05, 3.63) is 69.7 Å². The first-order valence-electron chi connectivity index (χ1n) is 5.30. The molecule has 0 spiro atoms. The second-order valence-electron chi connectivity index (χ2n) is 3.78. The van der Waals surface area contributed by atoms with Gasteiger partial charge in [0.2, 0.25) is 0 Å². The van der Waals surface area contributed by atoms with Crippen molar-refractivity contribution < 1.29 is 13.6 Å². The Labute approximate surface area is 112 Å². The largest absolute Gasteiger partial charge is 0.294 e. The molecule has 0 bridgehead atoms. The van der Waals surface area contributed by atoms with Crippen molar-refractivity contribution in [1.29, 1.82) is 0 Å². The minimum atomic E-state index is -0.699. The Morgan fingerprint density at radius 3 is 2.22 bits per heavy atom. The number of halogens is 3. The van der Waals surface area contributed by atoms with E-state index in [1.807, 2.05) is 0 Å². The normalized spacial score (nSPS) is 10.4. The van der Waals surface area contributed by atoms with E-state index in [1.165, 1.54) is 6.07 Å². The molecule has 2 aromatic carbocycles. The predicted molar refractivity (Wildman–Crippen MR) is 68.5 cm³/mol. The van der Waals surface area contributed by atoms with E-state index < -0.39 is 11.6 Å². The van der Waals surface area contributed by atoms with E-state index >= 15 is 0 Å². The molecule has 0 atom stereocenters. The van der Waals surface area contributed by atoms with Crippen molar-refractivity contribution >= 4 is 21.7 Å². The van der Waals surface area contributed by atoms with E-state index in [9.17, 15) is 13.6 Å². The van der Waals surface area contributed by atoms with Gasteiger partial charge in [0, 0.05) is 22.0 Å². The average Bonchev–Trinajstić information content (AvgIpc) is 2.34. The number of hydrogen-bond donors (Lipinski definition) is 0. The SMILES string of the molecule is O=C(Cc1c(F)cccc1F)c1ccccc1Br. The van der Waals surface area contributed by atoms with Crippen LogP contribution in [0.25, 0.3) is 0 Å². The summed E-state index contributed by atoms with van der Waals surface area (Å²) in [4.78, 5) is 12.0. The summed E-state index contributed by atoms with van der Waals surface area (Å²) in [5, 5.41) is 0. The van der Waals surface area contributed by atoms with Gasteiger partial charge in [0.05, 0.1) is 0 Å². The summed E-state index contributed by atoms with van der Waals surface area (Å²) in [5.74, 6) is -1.72. The quantitative estimate of drug-likeness (QED) is 0.778. The molecule has 0 aliphatic rings. The van der Waals surface area contributed by atoms with Crippen LogP contribution in [0, 0.1) is 11.6 Å². The van der Waals surface area contributed by atoms with Crippen LogP contribution in [-0.4, -0.2) is 5.78 Å². The molecule has 0 aliphatic heterocycles. The van der Waals surface area contributed by atoms with E-state index in [2.05, 4.69) is 15.9 Å². The number of hydrogen-bond acceptors (Lipinski definition) is 1. The fraction of sp³-hybridized carbons (Fsp3) is 0.0714. The maximum atomic E-state index is 13.4. The summed E-state index contributed by atoms with van der Waals surface area (Å²) in [6.45, 7) is 0. The van der Waals surface area contributed by atoms with Gasteiger partial charge in [-0.2, -0.15) is 0 Å². The van der Waals surface area contributed by atoms with Gasteiger partial charge in [0.15, 0.2) is 5.78 Å². The van der Waals surface area contributed by atoms with E-state index in [4.69, 9.17) is 0 Å². The maximum absolute atomic E-state index is 13.4. The van der Waals surface area contributed by atoms with Crippen molar-refractivity contribution in [1.82, 2.24) is 0 Å². The molecule has 1 nitrogen and oxygen atoms in total. The molecule has 0 saturated carbocycles. The molecule has 0 unspecified atom stereocenters. The second-order valence-corrected chi connectivity index (χ2v) is 4.63.